The first-order chi connectivity index (χ1) is 6.88. The van der Waals surface area contributed by atoms with Crippen LogP contribution in [0.25, 0.3) is 0 Å². The number of nitrogens with zero attached hydrogens (tertiary/aromatic N) is 3. The Hall–Kier alpha value is -0.900. The van der Waals surface area contributed by atoms with Gasteiger partial charge in [0.05, 0.1) is 6.54 Å². The Kier molecular flexibility index (Phi) is 3.14. The van der Waals surface area contributed by atoms with Gasteiger partial charge < -0.3 is 5.32 Å². The molecule has 1 heterocycles. The molecule has 1 fully saturated rings. The molecule has 0 spiro atoms. The topological polar surface area (TPSA) is 42.7 Å². The maximum atomic E-state index is 4.39. The van der Waals surface area contributed by atoms with Crippen LogP contribution in [-0.4, -0.2) is 20.8 Å². The molecule has 1 N–H and O–H groups in total. The molecule has 1 saturated carbocycles. The number of aromatic nitrogens is 3. The van der Waals surface area contributed by atoms with Gasteiger partial charge in [-0.25, -0.2) is 4.98 Å². The van der Waals surface area contributed by atoms with Crippen molar-refractivity contribution in [2.24, 2.45) is 0 Å². The smallest absolute Gasteiger partial charge is 0.164 e. The van der Waals surface area contributed by atoms with Crippen molar-refractivity contribution in [2.75, 3.05) is 0 Å². The summed E-state index contributed by atoms with van der Waals surface area (Å²) in [5.74, 6) is 0.924. The van der Waals surface area contributed by atoms with Crippen molar-refractivity contribution in [3.05, 3.63) is 12.2 Å². The van der Waals surface area contributed by atoms with Crippen molar-refractivity contribution in [1.29, 1.82) is 0 Å². The van der Waals surface area contributed by atoms with Crippen molar-refractivity contribution in [2.45, 2.75) is 51.7 Å². The highest BCUT2D eigenvalue weighted by Gasteiger charge is 2.20. The average Bonchev–Trinajstić information content (AvgIpc) is 2.92. The molecule has 0 saturated heterocycles. The van der Waals surface area contributed by atoms with Crippen LogP contribution in [0.3, 0.4) is 0 Å². The predicted molar refractivity (Wildman–Crippen MR) is 54.8 cm³/mol. The summed E-state index contributed by atoms with van der Waals surface area (Å²) in [6.07, 6.45) is 6.85. The Morgan fingerprint density at radius 1 is 1.57 bits per heavy atom. The predicted octanol–water partition coefficient (Wildman–Crippen LogP) is 1.33. The third-order valence-corrected chi connectivity index (χ3v) is 2.45. The van der Waals surface area contributed by atoms with Gasteiger partial charge in [0.25, 0.3) is 0 Å². The van der Waals surface area contributed by atoms with Crippen molar-refractivity contribution in [3.8, 4) is 0 Å². The zero-order valence-corrected chi connectivity index (χ0v) is 8.74. The van der Waals surface area contributed by atoms with Gasteiger partial charge in [0.1, 0.15) is 6.33 Å². The number of rotatable bonds is 6. The lowest BCUT2D eigenvalue weighted by Gasteiger charge is -1.98. The summed E-state index contributed by atoms with van der Waals surface area (Å²) in [4.78, 5) is 4.26. The molecule has 0 radical (unpaired) electrons. The summed E-state index contributed by atoms with van der Waals surface area (Å²) >= 11 is 0. The summed E-state index contributed by atoms with van der Waals surface area (Å²) in [6, 6.07) is 0.734. The van der Waals surface area contributed by atoms with E-state index in [2.05, 4.69) is 22.3 Å². The van der Waals surface area contributed by atoms with E-state index < -0.39 is 0 Å². The monoisotopic (exact) mass is 194 g/mol. The molecule has 78 valence electrons. The fourth-order valence-corrected chi connectivity index (χ4v) is 1.37. The second kappa shape index (κ2) is 4.55. The van der Waals surface area contributed by atoms with Crippen molar-refractivity contribution in [1.82, 2.24) is 20.1 Å². The van der Waals surface area contributed by atoms with Crippen LogP contribution in [0, 0.1) is 0 Å². The van der Waals surface area contributed by atoms with E-state index in [4.69, 9.17) is 0 Å². The highest BCUT2D eigenvalue weighted by molar-refractivity contribution is 4.86. The maximum absolute atomic E-state index is 4.39. The van der Waals surface area contributed by atoms with Crippen LogP contribution in [-0.2, 0) is 13.1 Å². The second-order valence-corrected chi connectivity index (χ2v) is 3.93. The van der Waals surface area contributed by atoms with Crippen LogP contribution in [0.15, 0.2) is 6.33 Å². The first kappa shape index (κ1) is 9.65. The fourth-order valence-electron chi connectivity index (χ4n) is 1.37. The molecule has 2 rings (SSSR count). The van der Waals surface area contributed by atoms with Gasteiger partial charge in [0.2, 0.25) is 0 Å². The Bertz CT molecular complexity index is 277. The molecule has 14 heavy (non-hydrogen) atoms. The van der Waals surface area contributed by atoms with E-state index in [1.165, 1.54) is 25.7 Å². The van der Waals surface area contributed by atoms with Crippen LogP contribution >= 0.6 is 0 Å². The van der Waals surface area contributed by atoms with E-state index in [9.17, 15) is 0 Å². The molecule has 4 heteroatoms. The second-order valence-electron chi connectivity index (χ2n) is 3.93. The van der Waals surface area contributed by atoms with E-state index in [0.717, 1.165) is 25.0 Å². The minimum atomic E-state index is 0.734. The highest BCUT2D eigenvalue weighted by Crippen LogP contribution is 2.18. The lowest BCUT2D eigenvalue weighted by atomic mass is 10.3. The van der Waals surface area contributed by atoms with E-state index in [0.29, 0.717) is 0 Å². The summed E-state index contributed by atoms with van der Waals surface area (Å²) in [6.45, 7) is 4.00. The van der Waals surface area contributed by atoms with E-state index in [-0.39, 0.29) is 0 Å². The van der Waals surface area contributed by atoms with Crippen LogP contribution < -0.4 is 5.32 Å². The zero-order chi connectivity index (χ0) is 9.80. The molecule has 1 aromatic heterocycles. The summed E-state index contributed by atoms with van der Waals surface area (Å²) in [5.41, 5.74) is 0. The van der Waals surface area contributed by atoms with Gasteiger partial charge in [-0.2, -0.15) is 5.10 Å². The quantitative estimate of drug-likeness (QED) is 0.743. The Balaban J connectivity index is 1.76. The van der Waals surface area contributed by atoms with Gasteiger partial charge >= 0.3 is 0 Å². The van der Waals surface area contributed by atoms with Crippen LogP contribution in [0.2, 0.25) is 0 Å². The number of nitrogens with one attached hydrogen (secondary N) is 1. The molecule has 0 bridgehead atoms. The number of hydrogen-bond donors (Lipinski definition) is 1. The molecule has 0 aliphatic heterocycles. The third kappa shape index (κ3) is 2.80. The van der Waals surface area contributed by atoms with E-state index >= 15 is 0 Å². The summed E-state index contributed by atoms with van der Waals surface area (Å²) in [7, 11) is 0. The first-order valence-corrected chi connectivity index (χ1v) is 5.50. The molecule has 1 aliphatic carbocycles. The van der Waals surface area contributed by atoms with Crippen LogP contribution in [0.5, 0.6) is 0 Å². The van der Waals surface area contributed by atoms with Crippen molar-refractivity contribution < 1.29 is 0 Å². The molecular weight excluding hydrogens is 176 g/mol. The van der Waals surface area contributed by atoms with Gasteiger partial charge in [-0.3, -0.25) is 4.68 Å². The Morgan fingerprint density at radius 2 is 2.43 bits per heavy atom. The Labute approximate surface area is 84.7 Å². The van der Waals surface area contributed by atoms with Gasteiger partial charge in [-0.05, 0) is 19.3 Å². The maximum Gasteiger partial charge on any atom is 0.164 e. The van der Waals surface area contributed by atoms with Gasteiger partial charge in [-0.15, -0.1) is 0 Å². The van der Waals surface area contributed by atoms with Gasteiger partial charge in [0.15, 0.2) is 5.82 Å². The van der Waals surface area contributed by atoms with Crippen molar-refractivity contribution in [3.63, 3.8) is 0 Å². The molecule has 0 aromatic carbocycles. The van der Waals surface area contributed by atoms with E-state index in [1.807, 2.05) is 11.0 Å². The minimum Gasteiger partial charge on any atom is -0.307 e. The molecule has 4 nitrogen and oxygen atoms in total. The molecule has 0 amide bonds. The lowest BCUT2D eigenvalue weighted by molar-refractivity contribution is 0.558. The highest BCUT2D eigenvalue weighted by atomic mass is 15.3. The average molecular weight is 194 g/mol. The normalized spacial score (nSPS) is 16.1. The molecular formula is C10H18N4. The zero-order valence-electron chi connectivity index (χ0n) is 8.74. The number of aryl methyl sites for hydroxylation is 1. The molecule has 1 aliphatic rings. The summed E-state index contributed by atoms with van der Waals surface area (Å²) in [5, 5.41) is 7.79. The fraction of sp³-hybridized carbons (Fsp3) is 0.800. The first-order valence-electron chi connectivity index (χ1n) is 5.50. The van der Waals surface area contributed by atoms with Crippen molar-refractivity contribution >= 4 is 0 Å². The van der Waals surface area contributed by atoms with Gasteiger partial charge in [-0.1, -0.05) is 13.3 Å². The SMILES string of the molecule is CCCCn1cnc(CNC2CC2)n1. The van der Waals surface area contributed by atoms with Gasteiger partial charge in [0, 0.05) is 12.6 Å². The lowest BCUT2D eigenvalue weighted by Crippen LogP contribution is -2.16. The number of hydrogen-bond acceptors (Lipinski definition) is 3. The largest absolute Gasteiger partial charge is 0.307 e. The summed E-state index contributed by atoms with van der Waals surface area (Å²) < 4.78 is 1.94. The standard InChI is InChI=1S/C10H18N4/c1-2-3-6-14-8-12-10(13-14)7-11-9-4-5-9/h8-9,11H,2-7H2,1H3. The molecule has 0 unspecified atom stereocenters. The van der Waals surface area contributed by atoms with Crippen LogP contribution in [0.1, 0.15) is 38.4 Å². The third-order valence-electron chi connectivity index (χ3n) is 2.45. The number of unbranched alkanes of at least 4 members (excludes halogenated alkanes) is 1. The molecule has 0 atom stereocenters. The van der Waals surface area contributed by atoms with E-state index in [1.54, 1.807) is 0 Å². The van der Waals surface area contributed by atoms with Crippen LogP contribution in [0.4, 0.5) is 0 Å². The molecule has 1 aromatic rings. The minimum absolute atomic E-state index is 0.734. The Morgan fingerprint density at radius 3 is 3.14 bits per heavy atom.